The highest BCUT2D eigenvalue weighted by Gasteiger charge is 2.16. The topological polar surface area (TPSA) is 72.9 Å². The van der Waals surface area contributed by atoms with Crippen molar-refractivity contribution in [2.24, 2.45) is 5.73 Å². The van der Waals surface area contributed by atoms with Crippen molar-refractivity contribution in [2.45, 2.75) is 38.8 Å². The van der Waals surface area contributed by atoms with E-state index in [1.54, 1.807) is 16.9 Å². The summed E-state index contributed by atoms with van der Waals surface area (Å²) >= 11 is 0. The Morgan fingerprint density at radius 3 is 2.67 bits per heavy atom. The van der Waals surface area contributed by atoms with Crippen LogP contribution in [0.15, 0.2) is 42.6 Å². The second-order valence-electron chi connectivity index (χ2n) is 5.37. The fourth-order valence-electron chi connectivity index (χ4n) is 2.14. The van der Waals surface area contributed by atoms with Crippen LogP contribution in [0.1, 0.15) is 31.9 Å². The first-order chi connectivity index (χ1) is 10.1. The number of hydrogen-bond donors (Lipinski definition) is 2. The molecule has 0 unspecified atom stereocenters. The summed E-state index contributed by atoms with van der Waals surface area (Å²) < 4.78 is 1.77. The first-order valence-corrected chi connectivity index (χ1v) is 7.22. The molecule has 2 rings (SSSR count). The monoisotopic (exact) mass is 286 g/mol. The van der Waals surface area contributed by atoms with Crippen molar-refractivity contribution in [1.29, 1.82) is 0 Å². The molecule has 0 saturated carbocycles. The van der Waals surface area contributed by atoms with Crippen molar-refractivity contribution in [3.63, 3.8) is 0 Å². The third-order valence-corrected chi connectivity index (χ3v) is 3.33. The van der Waals surface area contributed by atoms with Crippen LogP contribution in [-0.2, 0) is 11.2 Å². The van der Waals surface area contributed by atoms with Crippen LogP contribution in [0, 0.1) is 0 Å². The van der Waals surface area contributed by atoms with E-state index in [0.29, 0.717) is 12.2 Å². The van der Waals surface area contributed by atoms with Crippen LogP contribution in [-0.4, -0.2) is 21.7 Å². The molecule has 1 amide bonds. The lowest BCUT2D eigenvalue weighted by atomic mass is 10.1. The zero-order valence-corrected chi connectivity index (χ0v) is 12.5. The molecule has 1 aromatic heterocycles. The molecule has 2 aromatic rings. The van der Waals surface area contributed by atoms with Gasteiger partial charge in [-0.25, -0.2) is 4.68 Å². The number of carbonyl (C=O) groups excluding carboxylic acids is 1. The normalized spacial score (nSPS) is 12.4. The van der Waals surface area contributed by atoms with Gasteiger partial charge >= 0.3 is 0 Å². The second kappa shape index (κ2) is 7.04. The molecule has 0 aliphatic carbocycles. The van der Waals surface area contributed by atoms with Crippen molar-refractivity contribution < 1.29 is 4.79 Å². The standard InChI is InChI=1S/C16H22N4O/c1-12(2)20-15(10-11-18-20)19-16(21)14(17)9-8-13-6-4-3-5-7-13/h3-7,10-12,14H,8-9,17H2,1-2H3,(H,19,21)/t14-/m0/s1. The predicted octanol–water partition coefficient (Wildman–Crippen LogP) is 2.36. The van der Waals surface area contributed by atoms with E-state index < -0.39 is 6.04 Å². The fraction of sp³-hybridized carbons (Fsp3) is 0.375. The largest absolute Gasteiger partial charge is 0.320 e. The number of aryl methyl sites for hydroxylation is 1. The number of rotatable bonds is 6. The number of nitrogens with zero attached hydrogens (tertiary/aromatic N) is 2. The Balaban J connectivity index is 1.89. The Morgan fingerprint density at radius 1 is 1.29 bits per heavy atom. The van der Waals surface area contributed by atoms with Gasteiger partial charge in [-0.05, 0) is 32.3 Å². The zero-order chi connectivity index (χ0) is 15.2. The van der Waals surface area contributed by atoms with Gasteiger partial charge in [0.2, 0.25) is 5.91 Å². The number of benzene rings is 1. The lowest BCUT2D eigenvalue weighted by Gasteiger charge is -2.15. The molecule has 21 heavy (non-hydrogen) atoms. The Kier molecular flexibility index (Phi) is 5.11. The molecule has 1 heterocycles. The highest BCUT2D eigenvalue weighted by molar-refractivity contribution is 5.93. The maximum atomic E-state index is 12.1. The van der Waals surface area contributed by atoms with Crippen LogP contribution < -0.4 is 11.1 Å². The van der Waals surface area contributed by atoms with Crippen LogP contribution >= 0.6 is 0 Å². The van der Waals surface area contributed by atoms with Crippen molar-refractivity contribution in [2.75, 3.05) is 5.32 Å². The van der Waals surface area contributed by atoms with Crippen LogP contribution in [0.25, 0.3) is 0 Å². The average molecular weight is 286 g/mol. The molecular weight excluding hydrogens is 264 g/mol. The fourth-order valence-corrected chi connectivity index (χ4v) is 2.14. The number of carbonyl (C=O) groups is 1. The van der Waals surface area contributed by atoms with Gasteiger partial charge in [0, 0.05) is 12.1 Å². The third kappa shape index (κ3) is 4.16. The first kappa shape index (κ1) is 15.3. The van der Waals surface area contributed by atoms with Gasteiger partial charge in [0.25, 0.3) is 0 Å². The van der Waals surface area contributed by atoms with Crippen molar-refractivity contribution in [1.82, 2.24) is 9.78 Å². The van der Waals surface area contributed by atoms with Gasteiger partial charge < -0.3 is 11.1 Å². The number of nitrogens with one attached hydrogen (secondary N) is 1. The summed E-state index contributed by atoms with van der Waals surface area (Å²) in [7, 11) is 0. The van der Waals surface area contributed by atoms with Crippen LogP contribution in [0.3, 0.4) is 0 Å². The van der Waals surface area contributed by atoms with Gasteiger partial charge in [0.1, 0.15) is 5.82 Å². The number of aromatic nitrogens is 2. The van der Waals surface area contributed by atoms with Gasteiger partial charge in [-0.1, -0.05) is 30.3 Å². The molecule has 112 valence electrons. The molecule has 0 aliphatic heterocycles. The lowest BCUT2D eigenvalue weighted by Crippen LogP contribution is -2.36. The molecule has 1 aromatic carbocycles. The van der Waals surface area contributed by atoms with Gasteiger partial charge in [0.05, 0.1) is 12.2 Å². The first-order valence-electron chi connectivity index (χ1n) is 7.22. The molecule has 0 radical (unpaired) electrons. The van der Waals surface area contributed by atoms with Crippen molar-refractivity contribution in [3.8, 4) is 0 Å². The molecule has 0 bridgehead atoms. The number of nitrogens with two attached hydrogens (primary N) is 1. The summed E-state index contributed by atoms with van der Waals surface area (Å²) in [6.45, 7) is 4.02. The minimum Gasteiger partial charge on any atom is -0.320 e. The van der Waals surface area contributed by atoms with E-state index in [9.17, 15) is 4.79 Å². The highest BCUT2D eigenvalue weighted by atomic mass is 16.2. The SMILES string of the molecule is CC(C)n1nccc1NC(=O)[C@@H](N)CCc1ccccc1. The predicted molar refractivity (Wildman–Crippen MR) is 84.0 cm³/mol. The van der Waals surface area contributed by atoms with E-state index >= 15 is 0 Å². The van der Waals surface area contributed by atoms with Gasteiger partial charge in [-0.15, -0.1) is 0 Å². The van der Waals surface area contributed by atoms with E-state index in [0.717, 1.165) is 6.42 Å². The van der Waals surface area contributed by atoms with E-state index in [2.05, 4.69) is 10.4 Å². The van der Waals surface area contributed by atoms with Crippen LogP contribution in [0.4, 0.5) is 5.82 Å². The van der Waals surface area contributed by atoms with Gasteiger partial charge in [-0.2, -0.15) is 5.10 Å². The Hall–Kier alpha value is -2.14. The molecular formula is C16H22N4O. The van der Waals surface area contributed by atoms with Crippen molar-refractivity contribution in [3.05, 3.63) is 48.2 Å². The number of hydrogen-bond acceptors (Lipinski definition) is 3. The minimum absolute atomic E-state index is 0.173. The van der Waals surface area contributed by atoms with E-state index in [1.165, 1.54) is 5.56 Å². The molecule has 1 atom stereocenters. The van der Waals surface area contributed by atoms with E-state index in [4.69, 9.17) is 5.73 Å². The molecule has 5 nitrogen and oxygen atoms in total. The van der Waals surface area contributed by atoms with Crippen LogP contribution in [0.5, 0.6) is 0 Å². The smallest absolute Gasteiger partial charge is 0.242 e. The third-order valence-electron chi connectivity index (χ3n) is 3.33. The number of anilines is 1. The van der Waals surface area contributed by atoms with E-state index in [-0.39, 0.29) is 11.9 Å². The quantitative estimate of drug-likeness (QED) is 0.856. The van der Waals surface area contributed by atoms with Gasteiger partial charge in [0.15, 0.2) is 0 Å². The zero-order valence-electron chi connectivity index (χ0n) is 12.5. The molecule has 3 N–H and O–H groups in total. The molecule has 0 aliphatic rings. The maximum Gasteiger partial charge on any atom is 0.242 e. The summed E-state index contributed by atoms with van der Waals surface area (Å²) in [6.07, 6.45) is 3.08. The molecule has 0 spiro atoms. The lowest BCUT2D eigenvalue weighted by molar-refractivity contribution is -0.117. The average Bonchev–Trinajstić information content (AvgIpc) is 2.94. The summed E-state index contributed by atoms with van der Waals surface area (Å²) in [5, 5.41) is 7.03. The Bertz CT molecular complexity index is 577. The molecule has 0 fully saturated rings. The maximum absolute atomic E-state index is 12.1. The van der Waals surface area contributed by atoms with Crippen LogP contribution in [0.2, 0.25) is 0 Å². The minimum atomic E-state index is -0.527. The Labute approximate surface area is 125 Å². The van der Waals surface area contributed by atoms with Gasteiger partial charge in [-0.3, -0.25) is 4.79 Å². The molecule has 0 saturated heterocycles. The highest BCUT2D eigenvalue weighted by Crippen LogP contribution is 2.13. The number of amides is 1. The second-order valence-corrected chi connectivity index (χ2v) is 5.37. The van der Waals surface area contributed by atoms with E-state index in [1.807, 2.05) is 44.2 Å². The molecule has 5 heteroatoms. The summed E-state index contributed by atoms with van der Waals surface area (Å²) in [5.41, 5.74) is 7.15. The summed E-state index contributed by atoms with van der Waals surface area (Å²) in [5.74, 6) is 0.512. The Morgan fingerprint density at radius 2 is 2.00 bits per heavy atom. The summed E-state index contributed by atoms with van der Waals surface area (Å²) in [4.78, 5) is 12.1. The van der Waals surface area contributed by atoms with Crippen molar-refractivity contribution >= 4 is 11.7 Å². The summed E-state index contributed by atoms with van der Waals surface area (Å²) in [6, 6.07) is 11.5.